The lowest BCUT2D eigenvalue weighted by Crippen LogP contribution is -2.15. The van der Waals surface area contributed by atoms with Crippen molar-refractivity contribution in [1.82, 2.24) is 14.9 Å². The van der Waals surface area contributed by atoms with Gasteiger partial charge in [0.05, 0.1) is 19.2 Å². The summed E-state index contributed by atoms with van der Waals surface area (Å²) in [5.41, 5.74) is 5.04. The topological polar surface area (TPSA) is 68.0 Å². The molecule has 0 radical (unpaired) electrons. The number of nitrogens with zero attached hydrogens (tertiary/aromatic N) is 2. The molecule has 4 aromatic rings. The molecular weight excluding hydrogens is 396 g/mol. The van der Waals surface area contributed by atoms with E-state index < -0.39 is 0 Å². The second-order valence-corrected chi connectivity index (χ2v) is 6.82. The first kappa shape index (κ1) is 18.3. The first-order valence-electron chi connectivity index (χ1n) is 8.55. The molecule has 0 spiro atoms. The van der Waals surface area contributed by atoms with E-state index in [4.69, 9.17) is 33.0 Å². The van der Waals surface area contributed by atoms with Gasteiger partial charge in [0.25, 0.3) is 0 Å². The number of aromatic nitrogens is 3. The number of nitrogens with one attached hydrogen (secondary N) is 2. The Balaban J connectivity index is 1.56. The zero-order valence-electron chi connectivity index (χ0n) is 15.0. The Bertz CT molecular complexity index is 1150. The molecule has 0 bridgehead atoms. The first-order chi connectivity index (χ1) is 13.7. The fourth-order valence-corrected chi connectivity index (χ4v) is 3.18. The van der Waals surface area contributed by atoms with Gasteiger partial charge in [-0.05, 0) is 60.7 Å². The largest absolute Gasteiger partial charge is 0.496 e. The standard InChI is InChI=1S/C20H17ClN4O2S/c1-26-18-5-3-2-4-16(18)19-23-24-20(28)25(19)22-12-15-10-11-17(27-15)13-6-8-14(21)9-7-13/h2-11,22H,12H2,1H3,(H,24,28). The lowest BCUT2D eigenvalue weighted by Gasteiger charge is -2.11. The van der Waals surface area contributed by atoms with Crippen molar-refractivity contribution in [2.24, 2.45) is 0 Å². The molecule has 2 N–H and O–H groups in total. The normalized spacial score (nSPS) is 10.8. The van der Waals surface area contributed by atoms with E-state index in [9.17, 15) is 0 Å². The van der Waals surface area contributed by atoms with E-state index in [-0.39, 0.29) is 0 Å². The maximum absolute atomic E-state index is 5.94. The minimum Gasteiger partial charge on any atom is -0.496 e. The highest BCUT2D eigenvalue weighted by Crippen LogP contribution is 2.28. The Labute approximate surface area is 171 Å². The summed E-state index contributed by atoms with van der Waals surface area (Å²) in [6.07, 6.45) is 0. The van der Waals surface area contributed by atoms with Crippen LogP contribution in [0.3, 0.4) is 0 Å². The number of H-pyrrole nitrogens is 1. The smallest absolute Gasteiger partial charge is 0.214 e. The number of halogens is 1. The first-order valence-corrected chi connectivity index (χ1v) is 9.33. The van der Waals surface area contributed by atoms with E-state index >= 15 is 0 Å². The predicted octanol–water partition coefficient (Wildman–Crippen LogP) is 5.27. The molecular formula is C20H17ClN4O2S. The minimum atomic E-state index is 0.434. The number of rotatable bonds is 6. The van der Waals surface area contributed by atoms with Gasteiger partial charge in [-0.2, -0.15) is 5.10 Å². The molecule has 0 atom stereocenters. The van der Waals surface area contributed by atoms with E-state index in [0.717, 1.165) is 22.6 Å². The molecule has 6 nitrogen and oxygen atoms in total. The van der Waals surface area contributed by atoms with Gasteiger partial charge in [-0.3, -0.25) is 0 Å². The van der Waals surface area contributed by atoms with Gasteiger partial charge in [0.1, 0.15) is 17.3 Å². The lowest BCUT2D eigenvalue weighted by atomic mass is 10.2. The lowest BCUT2D eigenvalue weighted by molar-refractivity contribution is 0.416. The third kappa shape index (κ3) is 3.67. The number of methoxy groups -OCH3 is 1. The van der Waals surface area contributed by atoms with Crippen molar-refractivity contribution < 1.29 is 9.15 Å². The number of benzene rings is 2. The van der Waals surface area contributed by atoms with Gasteiger partial charge < -0.3 is 14.6 Å². The molecule has 0 unspecified atom stereocenters. The zero-order valence-corrected chi connectivity index (χ0v) is 16.6. The molecule has 0 aliphatic heterocycles. The molecule has 2 aromatic heterocycles. The van der Waals surface area contributed by atoms with Crippen molar-refractivity contribution in [3.8, 4) is 28.5 Å². The number of aromatic amines is 1. The molecule has 142 valence electrons. The molecule has 0 aliphatic rings. The minimum absolute atomic E-state index is 0.434. The summed E-state index contributed by atoms with van der Waals surface area (Å²) in [5.74, 6) is 2.88. The van der Waals surface area contributed by atoms with Crippen molar-refractivity contribution in [3.05, 3.63) is 76.2 Å². The Morgan fingerprint density at radius 2 is 1.93 bits per heavy atom. The van der Waals surface area contributed by atoms with E-state index in [1.54, 1.807) is 11.8 Å². The molecule has 0 saturated carbocycles. The van der Waals surface area contributed by atoms with Crippen LogP contribution in [0.15, 0.2) is 65.1 Å². The molecule has 0 aliphatic carbocycles. The quantitative estimate of drug-likeness (QED) is 0.422. The van der Waals surface area contributed by atoms with Gasteiger partial charge >= 0.3 is 0 Å². The van der Waals surface area contributed by atoms with Gasteiger partial charge in [0.15, 0.2) is 5.82 Å². The fraction of sp³-hybridized carbons (Fsp3) is 0.100. The van der Waals surface area contributed by atoms with Crippen LogP contribution in [-0.4, -0.2) is 22.0 Å². The zero-order chi connectivity index (χ0) is 19.5. The second-order valence-electron chi connectivity index (χ2n) is 6.00. The highest BCUT2D eigenvalue weighted by Gasteiger charge is 2.14. The number of hydrogen-bond acceptors (Lipinski definition) is 5. The molecule has 0 saturated heterocycles. The van der Waals surface area contributed by atoms with E-state index in [1.165, 1.54) is 0 Å². The summed E-state index contributed by atoms with van der Waals surface area (Å²) in [5, 5.41) is 7.83. The molecule has 4 rings (SSSR count). The van der Waals surface area contributed by atoms with Crippen LogP contribution < -0.4 is 10.2 Å². The van der Waals surface area contributed by atoms with Crippen LogP contribution in [0.4, 0.5) is 0 Å². The molecule has 2 heterocycles. The summed E-state index contributed by atoms with van der Waals surface area (Å²) in [6, 6.07) is 19.0. The average molecular weight is 413 g/mol. The van der Waals surface area contributed by atoms with Crippen molar-refractivity contribution in [2.45, 2.75) is 6.54 Å². The van der Waals surface area contributed by atoms with E-state index in [0.29, 0.717) is 27.9 Å². The highest BCUT2D eigenvalue weighted by atomic mass is 35.5. The van der Waals surface area contributed by atoms with Crippen molar-refractivity contribution >= 4 is 23.8 Å². The van der Waals surface area contributed by atoms with Crippen molar-refractivity contribution in [3.63, 3.8) is 0 Å². The number of furan rings is 1. The molecule has 0 fully saturated rings. The van der Waals surface area contributed by atoms with Crippen LogP contribution in [0.1, 0.15) is 5.76 Å². The van der Waals surface area contributed by atoms with Gasteiger partial charge in [-0.15, -0.1) is 0 Å². The van der Waals surface area contributed by atoms with E-state index in [2.05, 4.69) is 15.6 Å². The fourth-order valence-electron chi connectivity index (χ4n) is 2.85. The number of para-hydroxylation sites is 1. The second kappa shape index (κ2) is 7.92. The SMILES string of the molecule is COc1ccccc1-c1n[nH]c(=S)n1NCc1ccc(-c2ccc(Cl)cc2)o1. The average Bonchev–Trinajstić information content (AvgIpc) is 3.33. The van der Waals surface area contributed by atoms with Crippen molar-refractivity contribution in [2.75, 3.05) is 12.5 Å². The van der Waals surface area contributed by atoms with Crippen LogP contribution in [-0.2, 0) is 6.54 Å². The molecule has 8 heteroatoms. The Morgan fingerprint density at radius 3 is 2.71 bits per heavy atom. The predicted molar refractivity (Wildman–Crippen MR) is 112 cm³/mol. The third-order valence-corrected chi connectivity index (χ3v) is 4.75. The van der Waals surface area contributed by atoms with Gasteiger partial charge in [-0.1, -0.05) is 23.7 Å². The Hall–Kier alpha value is -3.03. The summed E-state index contributed by atoms with van der Waals surface area (Å²) < 4.78 is 13.5. The van der Waals surface area contributed by atoms with E-state index in [1.807, 2.05) is 60.7 Å². The van der Waals surface area contributed by atoms with Gasteiger partial charge in [-0.25, -0.2) is 9.77 Å². The summed E-state index contributed by atoms with van der Waals surface area (Å²) in [4.78, 5) is 0. The Kier molecular flexibility index (Phi) is 5.18. The van der Waals surface area contributed by atoms with Crippen LogP contribution >= 0.6 is 23.8 Å². The molecule has 2 aromatic carbocycles. The molecule has 0 amide bonds. The summed E-state index contributed by atoms with van der Waals surface area (Å²) in [6.45, 7) is 0.434. The monoisotopic (exact) mass is 412 g/mol. The number of hydrogen-bond donors (Lipinski definition) is 2. The van der Waals surface area contributed by atoms with Crippen LogP contribution in [0.5, 0.6) is 5.75 Å². The van der Waals surface area contributed by atoms with Crippen molar-refractivity contribution in [1.29, 1.82) is 0 Å². The summed E-state index contributed by atoms with van der Waals surface area (Å²) >= 11 is 11.3. The van der Waals surface area contributed by atoms with Crippen LogP contribution in [0, 0.1) is 4.77 Å². The number of ether oxygens (including phenoxy) is 1. The maximum atomic E-state index is 5.94. The van der Waals surface area contributed by atoms with Gasteiger partial charge in [0.2, 0.25) is 4.77 Å². The third-order valence-electron chi connectivity index (χ3n) is 4.22. The van der Waals surface area contributed by atoms with Gasteiger partial charge in [0, 0.05) is 10.6 Å². The summed E-state index contributed by atoms with van der Waals surface area (Å²) in [7, 11) is 1.62. The highest BCUT2D eigenvalue weighted by molar-refractivity contribution is 7.71. The molecule has 28 heavy (non-hydrogen) atoms. The maximum Gasteiger partial charge on any atom is 0.214 e. The van der Waals surface area contributed by atoms with Crippen LogP contribution in [0.25, 0.3) is 22.7 Å². The Morgan fingerprint density at radius 1 is 1.14 bits per heavy atom. The van der Waals surface area contributed by atoms with Crippen LogP contribution in [0.2, 0.25) is 5.02 Å².